The molecule has 3 aromatic rings. The van der Waals surface area contributed by atoms with Gasteiger partial charge in [-0.1, -0.05) is 72.8 Å². The van der Waals surface area contributed by atoms with Crippen LogP contribution in [0.3, 0.4) is 0 Å². The van der Waals surface area contributed by atoms with Gasteiger partial charge in [-0.2, -0.15) is 0 Å². The number of rotatable bonds is 8. The molecule has 0 aliphatic carbocycles. The van der Waals surface area contributed by atoms with Crippen LogP contribution in [0.4, 0.5) is 0 Å². The van der Waals surface area contributed by atoms with Crippen molar-refractivity contribution in [3.05, 3.63) is 83.9 Å². The van der Waals surface area contributed by atoms with Crippen LogP contribution in [0, 0.1) is 0 Å². The maximum Gasteiger partial charge on any atom is 0.322 e. The number of fused-ring (bicyclic) bond motifs is 1. The number of carboxylic acids is 1. The molecule has 3 aromatic carbocycles. The van der Waals surface area contributed by atoms with E-state index >= 15 is 0 Å². The number of nitrogens with one attached hydrogen (secondary N) is 3. The fourth-order valence-electron chi connectivity index (χ4n) is 3.56. The zero-order valence-corrected chi connectivity index (χ0v) is 19.7. The largest absolute Gasteiger partial charge is 0.480 e. The average Bonchev–Trinajstić information content (AvgIpc) is 3.59. The predicted molar refractivity (Wildman–Crippen MR) is 122 cm³/mol. The Labute approximate surface area is 207 Å². The summed E-state index contributed by atoms with van der Waals surface area (Å²) in [5.41, 5.74) is 1.85. The number of benzene rings is 3. The van der Waals surface area contributed by atoms with Crippen LogP contribution >= 0.6 is 0 Å². The van der Waals surface area contributed by atoms with Crippen LogP contribution in [0.2, 0.25) is 0 Å². The van der Waals surface area contributed by atoms with Gasteiger partial charge in [-0.05, 0) is 21.9 Å². The molecule has 4 N–H and O–H groups in total. The molecule has 1 fully saturated rings. The van der Waals surface area contributed by atoms with Gasteiger partial charge >= 0.3 is 5.97 Å². The fourth-order valence-corrected chi connectivity index (χ4v) is 3.56. The molecule has 32 heavy (non-hydrogen) atoms. The summed E-state index contributed by atoms with van der Waals surface area (Å²) in [6.07, 6.45) is 0.293. The van der Waals surface area contributed by atoms with Crippen molar-refractivity contribution >= 4 is 58.1 Å². The van der Waals surface area contributed by atoms with Crippen molar-refractivity contribution in [2.24, 2.45) is 0 Å². The van der Waals surface area contributed by atoms with Crippen LogP contribution in [0.25, 0.3) is 10.8 Å². The Kier molecular flexibility index (Phi) is 8.04. The second-order valence-electron chi connectivity index (χ2n) is 7.61. The molecule has 1 saturated heterocycles. The first-order valence-corrected chi connectivity index (χ1v) is 10.1. The Bertz CT molecular complexity index is 1120. The summed E-state index contributed by atoms with van der Waals surface area (Å²) in [5, 5.41) is 19.4. The van der Waals surface area contributed by atoms with Crippen molar-refractivity contribution in [1.82, 2.24) is 16.0 Å². The molecule has 1 aliphatic rings. The molecule has 0 spiro atoms. The summed E-state index contributed by atoms with van der Waals surface area (Å²) in [7, 11) is 0. The first kappa shape index (κ1) is 23.9. The normalized spacial score (nSPS) is 17.6. The van der Waals surface area contributed by atoms with Crippen LogP contribution in [0.15, 0.2) is 72.8 Å². The Morgan fingerprint density at radius 3 is 2.25 bits per heavy atom. The third kappa shape index (κ3) is 5.95. The summed E-state index contributed by atoms with van der Waals surface area (Å²) in [4.78, 5) is 36.5. The molecule has 1 aliphatic heterocycles. The van der Waals surface area contributed by atoms with Gasteiger partial charge in [0.2, 0.25) is 11.8 Å². The SMILES string of the molecule is O=C(NCc1ccccc1)[C@H](Cc1ccc2ccccc2c1)NC(=O)[C@H]1N[C@@H]1C(=O)O.[Na]. The zero-order valence-electron chi connectivity index (χ0n) is 17.7. The number of amides is 2. The van der Waals surface area contributed by atoms with Gasteiger partial charge in [-0.25, -0.2) is 0 Å². The van der Waals surface area contributed by atoms with Gasteiger partial charge in [0.05, 0.1) is 0 Å². The first-order chi connectivity index (χ1) is 15.0. The third-order valence-electron chi connectivity index (χ3n) is 5.33. The van der Waals surface area contributed by atoms with Crippen molar-refractivity contribution < 1.29 is 19.5 Å². The van der Waals surface area contributed by atoms with E-state index in [1.807, 2.05) is 72.8 Å². The first-order valence-electron chi connectivity index (χ1n) is 10.1. The van der Waals surface area contributed by atoms with Crippen LogP contribution in [0.5, 0.6) is 0 Å². The van der Waals surface area contributed by atoms with E-state index < -0.39 is 30.0 Å². The molecular formula is C24H23N3NaO4. The number of carbonyl (C=O) groups excluding carboxylic acids is 2. The number of carboxylic acid groups (broad SMARTS) is 1. The predicted octanol–water partition coefficient (Wildman–Crippen LogP) is 1.23. The van der Waals surface area contributed by atoms with Gasteiger partial charge in [0.15, 0.2) is 0 Å². The summed E-state index contributed by atoms with van der Waals surface area (Å²) >= 11 is 0. The van der Waals surface area contributed by atoms with Crippen LogP contribution in [0.1, 0.15) is 11.1 Å². The Morgan fingerprint density at radius 2 is 1.56 bits per heavy atom. The maximum atomic E-state index is 12.9. The van der Waals surface area contributed by atoms with Gasteiger partial charge in [0.1, 0.15) is 18.1 Å². The molecule has 0 bridgehead atoms. The van der Waals surface area contributed by atoms with Crippen molar-refractivity contribution in [3.8, 4) is 0 Å². The minimum atomic E-state index is -1.08. The molecule has 0 saturated carbocycles. The zero-order chi connectivity index (χ0) is 21.8. The number of hydrogen-bond donors (Lipinski definition) is 4. The molecular weight excluding hydrogens is 417 g/mol. The summed E-state index contributed by atoms with van der Waals surface area (Å²) in [5.74, 6) is -1.90. The molecule has 3 atom stereocenters. The van der Waals surface area contributed by atoms with E-state index in [0.717, 1.165) is 21.9 Å². The third-order valence-corrected chi connectivity index (χ3v) is 5.33. The van der Waals surface area contributed by atoms with Crippen molar-refractivity contribution in [1.29, 1.82) is 0 Å². The maximum absolute atomic E-state index is 12.9. The summed E-state index contributed by atoms with van der Waals surface area (Å²) in [6.45, 7) is 0.337. The summed E-state index contributed by atoms with van der Waals surface area (Å²) in [6, 6.07) is 20.8. The van der Waals surface area contributed by atoms with Gasteiger partial charge in [0, 0.05) is 42.5 Å². The van der Waals surface area contributed by atoms with Gasteiger partial charge in [0.25, 0.3) is 0 Å². The van der Waals surface area contributed by atoms with Crippen molar-refractivity contribution in [3.63, 3.8) is 0 Å². The van der Waals surface area contributed by atoms with E-state index in [-0.39, 0.29) is 35.5 Å². The van der Waals surface area contributed by atoms with Crippen LogP contribution < -0.4 is 16.0 Å². The summed E-state index contributed by atoms with van der Waals surface area (Å²) < 4.78 is 0. The Hall–Kier alpha value is -2.71. The van der Waals surface area contributed by atoms with E-state index in [0.29, 0.717) is 13.0 Å². The number of hydrogen-bond acceptors (Lipinski definition) is 4. The fraction of sp³-hybridized carbons (Fsp3) is 0.208. The van der Waals surface area contributed by atoms with Gasteiger partial charge in [-0.15, -0.1) is 0 Å². The van der Waals surface area contributed by atoms with Crippen molar-refractivity contribution in [2.45, 2.75) is 31.1 Å². The molecule has 4 rings (SSSR count). The van der Waals surface area contributed by atoms with Gasteiger partial charge in [-0.3, -0.25) is 19.7 Å². The number of aliphatic carboxylic acids is 1. The number of carbonyl (C=O) groups is 3. The molecule has 2 amide bonds. The monoisotopic (exact) mass is 440 g/mol. The molecule has 1 radical (unpaired) electrons. The molecule has 7 nitrogen and oxygen atoms in total. The minimum absolute atomic E-state index is 0. The molecule has 8 heteroatoms. The minimum Gasteiger partial charge on any atom is -0.480 e. The van der Waals surface area contributed by atoms with Crippen LogP contribution in [-0.2, 0) is 27.3 Å². The molecule has 159 valence electrons. The Balaban J connectivity index is 0.00000289. The standard InChI is InChI=1S/C24H23N3O4.Na/c28-22(25-14-15-6-2-1-3-7-15)19(26-23(29)20-21(27-20)24(30)31)13-16-10-11-17-8-4-5-9-18(17)12-16;/h1-12,19-21,27H,13-14H2,(H,25,28)(H,26,29)(H,30,31);/t19-,20-,21-;/m0./s1. The topological polar surface area (TPSA) is 117 Å². The van der Waals surface area contributed by atoms with E-state index in [1.54, 1.807) is 0 Å². The van der Waals surface area contributed by atoms with Gasteiger partial charge < -0.3 is 15.7 Å². The molecule has 0 aromatic heterocycles. The van der Waals surface area contributed by atoms with Crippen LogP contribution in [-0.4, -0.2) is 70.6 Å². The quantitative estimate of drug-likeness (QED) is 0.311. The van der Waals surface area contributed by atoms with E-state index in [9.17, 15) is 14.4 Å². The average molecular weight is 440 g/mol. The van der Waals surface area contributed by atoms with E-state index in [1.165, 1.54) is 0 Å². The molecule has 1 heterocycles. The smallest absolute Gasteiger partial charge is 0.322 e. The van der Waals surface area contributed by atoms with E-state index in [2.05, 4.69) is 16.0 Å². The second-order valence-corrected chi connectivity index (χ2v) is 7.61. The van der Waals surface area contributed by atoms with E-state index in [4.69, 9.17) is 5.11 Å². The molecule has 0 unspecified atom stereocenters. The Morgan fingerprint density at radius 1 is 0.875 bits per heavy atom. The van der Waals surface area contributed by atoms with Crippen molar-refractivity contribution in [2.75, 3.05) is 0 Å². The second kappa shape index (κ2) is 10.7.